The first-order valence-electron chi connectivity index (χ1n) is 9.07. The summed E-state index contributed by atoms with van der Waals surface area (Å²) in [6.07, 6.45) is 1.68. The Morgan fingerprint density at radius 1 is 0.533 bits per heavy atom. The molecule has 30 heavy (non-hydrogen) atoms. The lowest BCUT2D eigenvalue weighted by Crippen LogP contribution is -2.00. The molecular formula is C25H9N5. The second-order valence-corrected chi connectivity index (χ2v) is 6.81. The summed E-state index contributed by atoms with van der Waals surface area (Å²) in [7, 11) is 0. The van der Waals surface area contributed by atoms with Crippen molar-refractivity contribution in [2.45, 2.75) is 0 Å². The van der Waals surface area contributed by atoms with Crippen LogP contribution in [0.1, 0.15) is 22.3 Å². The Kier molecular flexibility index (Phi) is 3.59. The lowest BCUT2D eigenvalue weighted by molar-refractivity contribution is 1.39. The molecule has 0 aliphatic rings. The smallest absolute Gasteiger partial charge is 0.102 e. The van der Waals surface area contributed by atoms with E-state index in [1.54, 1.807) is 12.3 Å². The molecule has 0 atom stereocenters. The largest absolute Gasteiger partial charge is 0.256 e. The maximum absolute atomic E-state index is 10.0. The fourth-order valence-corrected chi connectivity index (χ4v) is 4.28. The van der Waals surface area contributed by atoms with Gasteiger partial charge in [-0.3, -0.25) is 4.98 Å². The first-order chi connectivity index (χ1) is 14.7. The Morgan fingerprint density at radius 3 is 1.83 bits per heavy atom. The van der Waals surface area contributed by atoms with E-state index < -0.39 is 0 Å². The molecule has 5 heteroatoms. The average molecular weight is 379 g/mol. The number of fused-ring (bicyclic) bond motifs is 8. The lowest BCUT2D eigenvalue weighted by Gasteiger charge is -2.16. The molecule has 0 saturated heterocycles. The molecule has 0 spiro atoms. The van der Waals surface area contributed by atoms with Crippen molar-refractivity contribution in [1.29, 1.82) is 21.0 Å². The van der Waals surface area contributed by atoms with Gasteiger partial charge in [-0.1, -0.05) is 42.5 Å². The van der Waals surface area contributed by atoms with Crippen molar-refractivity contribution in [3.05, 3.63) is 77.0 Å². The van der Waals surface area contributed by atoms with E-state index in [1.807, 2.05) is 54.6 Å². The normalized spacial score (nSPS) is 10.5. The van der Waals surface area contributed by atoms with Crippen LogP contribution in [-0.2, 0) is 0 Å². The maximum Gasteiger partial charge on any atom is 0.102 e. The van der Waals surface area contributed by atoms with Crippen LogP contribution in [0.2, 0.25) is 0 Å². The van der Waals surface area contributed by atoms with Gasteiger partial charge in [0.1, 0.15) is 24.3 Å². The number of aromatic nitrogens is 1. The molecule has 0 saturated carbocycles. The molecule has 5 nitrogen and oxygen atoms in total. The Balaban J connectivity index is 2.34. The first kappa shape index (κ1) is 17.2. The molecule has 1 aromatic heterocycles. The average Bonchev–Trinajstić information content (AvgIpc) is 2.81. The van der Waals surface area contributed by atoms with Crippen molar-refractivity contribution in [1.82, 2.24) is 4.98 Å². The topological polar surface area (TPSA) is 108 Å². The minimum atomic E-state index is -0.0752. The number of benzene rings is 4. The number of rotatable bonds is 0. The van der Waals surface area contributed by atoms with Crippen LogP contribution in [0.25, 0.3) is 43.2 Å². The number of nitriles is 4. The zero-order valence-electron chi connectivity index (χ0n) is 15.4. The molecule has 4 aromatic carbocycles. The van der Waals surface area contributed by atoms with Gasteiger partial charge in [0.05, 0.1) is 27.8 Å². The summed E-state index contributed by atoms with van der Waals surface area (Å²) in [4.78, 5) is 4.56. The van der Waals surface area contributed by atoms with Crippen LogP contribution in [0.3, 0.4) is 0 Å². The fourth-order valence-electron chi connectivity index (χ4n) is 4.28. The molecule has 1 heterocycles. The van der Waals surface area contributed by atoms with Crippen molar-refractivity contribution in [2.75, 3.05) is 0 Å². The predicted molar refractivity (Wildman–Crippen MR) is 113 cm³/mol. The van der Waals surface area contributed by atoms with Gasteiger partial charge in [-0.05, 0) is 16.8 Å². The van der Waals surface area contributed by atoms with E-state index in [4.69, 9.17) is 0 Å². The highest BCUT2D eigenvalue weighted by Gasteiger charge is 2.24. The van der Waals surface area contributed by atoms with Crippen LogP contribution < -0.4 is 0 Å². The fraction of sp³-hybridized carbons (Fsp3) is 0. The number of hydrogen-bond acceptors (Lipinski definition) is 5. The van der Waals surface area contributed by atoms with Crippen molar-refractivity contribution in [3.63, 3.8) is 0 Å². The summed E-state index contributed by atoms with van der Waals surface area (Å²) < 4.78 is 0. The van der Waals surface area contributed by atoms with E-state index in [-0.39, 0.29) is 22.3 Å². The Morgan fingerprint density at radius 2 is 1.13 bits per heavy atom. The number of nitrogens with zero attached hydrogens (tertiary/aromatic N) is 5. The molecule has 134 valence electrons. The van der Waals surface area contributed by atoms with Crippen LogP contribution in [0.15, 0.2) is 54.7 Å². The monoisotopic (exact) mass is 379 g/mol. The molecule has 0 bridgehead atoms. The van der Waals surface area contributed by atoms with Gasteiger partial charge in [-0.2, -0.15) is 21.0 Å². The van der Waals surface area contributed by atoms with Crippen LogP contribution >= 0.6 is 0 Å². The van der Waals surface area contributed by atoms with Crippen molar-refractivity contribution in [2.24, 2.45) is 0 Å². The summed E-state index contributed by atoms with van der Waals surface area (Å²) in [5, 5.41) is 44.6. The molecular weight excluding hydrogens is 370 g/mol. The van der Waals surface area contributed by atoms with Crippen molar-refractivity contribution >= 4 is 43.2 Å². The predicted octanol–water partition coefficient (Wildman–Crippen LogP) is 5.18. The Hall–Kier alpha value is -4.97. The van der Waals surface area contributed by atoms with Crippen LogP contribution in [0, 0.1) is 45.3 Å². The van der Waals surface area contributed by atoms with Gasteiger partial charge >= 0.3 is 0 Å². The summed E-state index contributed by atoms with van der Waals surface area (Å²) in [5.41, 5.74) is 0.737. The molecule has 0 fully saturated rings. The minimum absolute atomic E-state index is 0.0680. The lowest BCUT2D eigenvalue weighted by atomic mass is 9.84. The van der Waals surface area contributed by atoms with E-state index in [9.17, 15) is 21.0 Å². The van der Waals surface area contributed by atoms with Crippen LogP contribution in [-0.4, -0.2) is 4.98 Å². The molecule has 5 aromatic rings. The van der Waals surface area contributed by atoms with E-state index in [0.29, 0.717) is 21.7 Å². The van der Waals surface area contributed by atoms with Gasteiger partial charge in [-0.15, -0.1) is 0 Å². The number of pyridine rings is 1. The van der Waals surface area contributed by atoms with E-state index >= 15 is 0 Å². The van der Waals surface area contributed by atoms with E-state index in [0.717, 1.165) is 21.5 Å². The molecule has 0 aliphatic heterocycles. The highest BCUT2D eigenvalue weighted by Crippen LogP contribution is 2.42. The van der Waals surface area contributed by atoms with E-state index in [1.165, 1.54) is 0 Å². The van der Waals surface area contributed by atoms with Gasteiger partial charge < -0.3 is 0 Å². The van der Waals surface area contributed by atoms with Crippen molar-refractivity contribution in [3.8, 4) is 24.3 Å². The second kappa shape index (κ2) is 6.29. The maximum atomic E-state index is 10.0. The highest BCUT2D eigenvalue weighted by atomic mass is 14.6. The third kappa shape index (κ3) is 2.04. The van der Waals surface area contributed by atoms with Gasteiger partial charge in [-0.25, -0.2) is 0 Å². The first-order valence-corrected chi connectivity index (χ1v) is 9.07. The molecule has 0 unspecified atom stereocenters. The summed E-state index contributed by atoms with van der Waals surface area (Å²) in [6.45, 7) is 0. The van der Waals surface area contributed by atoms with Gasteiger partial charge in [0.15, 0.2) is 0 Å². The number of hydrogen-bond donors (Lipinski definition) is 0. The third-order valence-corrected chi connectivity index (χ3v) is 5.46. The molecule has 0 amide bonds. The van der Waals surface area contributed by atoms with Crippen molar-refractivity contribution < 1.29 is 0 Å². The third-order valence-electron chi connectivity index (χ3n) is 5.46. The standard InChI is InChI=1S/C25H9N5/c26-10-18-19(11-27)21(13-29)24-22-15-5-2-1-4-14(15)7-8-17(22)25-16(6-3-9-30-25)23(24)20(18)12-28/h1-9H. The SMILES string of the molecule is N#Cc1c(C#N)c(C#N)c2c(c1C#N)c1cccnc1c1ccc3ccccc3c12. The molecule has 0 N–H and O–H groups in total. The van der Waals surface area contributed by atoms with Crippen LogP contribution in [0.5, 0.6) is 0 Å². The summed E-state index contributed by atoms with van der Waals surface area (Å²) in [6, 6.07) is 23.5. The zero-order valence-corrected chi connectivity index (χ0v) is 15.4. The van der Waals surface area contributed by atoms with Crippen LogP contribution in [0.4, 0.5) is 0 Å². The molecule has 5 rings (SSSR count). The summed E-state index contributed by atoms with van der Waals surface area (Å²) in [5.74, 6) is 0. The zero-order chi connectivity index (χ0) is 20.8. The Bertz CT molecular complexity index is 1730. The van der Waals surface area contributed by atoms with E-state index in [2.05, 4.69) is 17.1 Å². The quantitative estimate of drug-likeness (QED) is 0.344. The van der Waals surface area contributed by atoms with Gasteiger partial charge in [0.2, 0.25) is 0 Å². The minimum Gasteiger partial charge on any atom is -0.256 e. The van der Waals surface area contributed by atoms with Gasteiger partial charge in [0.25, 0.3) is 0 Å². The Labute approximate surface area is 170 Å². The second-order valence-electron chi connectivity index (χ2n) is 6.81. The molecule has 0 radical (unpaired) electrons. The molecule has 0 aliphatic carbocycles. The van der Waals surface area contributed by atoms with Gasteiger partial charge in [0, 0.05) is 33.1 Å². The summed E-state index contributed by atoms with van der Waals surface area (Å²) >= 11 is 0. The highest BCUT2D eigenvalue weighted by molar-refractivity contribution is 6.33.